The summed E-state index contributed by atoms with van der Waals surface area (Å²) in [6.07, 6.45) is 1.20. The highest BCUT2D eigenvalue weighted by atomic mass is 32.2. The van der Waals surface area contributed by atoms with Gasteiger partial charge in [-0.3, -0.25) is 0 Å². The van der Waals surface area contributed by atoms with Gasteiger partial charge < -0.3 is 4.90 Å². The van der Waals surface area contributed by atoms with Gasteiger partial charge in [0.2, 0.25) is 0 Å². The third kappa shape index (κ3) is 3.20. The Morgan fingerprint density at radius 1 is 0.905 bits per heavy atom. The molecule has 1 aromatic heterocycles. The van der Waals surface area contributed by atoms with E-state index in [1.54, 1.807) is 0 Å². The van der Waals surface area contributed by atoms with E-state index in [0.29, 0.717) is 0 Å². The number of aromatic nitrogens is 1. The minimum atomic E-state index is 1.09. The molecule has 0 fully saturated rings. The van der Waals surface area contributed by atoms with E-state index in [1.807, 2.05) is 11.8 Å². The molecule has 2 aromatic carbocycles. The van der Waals surface area contributed by atoms with Gasteiger partial charge in [-0.2, -0.15) is 0 Å². The first-order chi connectivity index (χ1) is 10.3. The largest absolute Gasteiger partial charge is 0.309 e. The Hall–Kier alpha value is -1.58. The number of rotatable bonds is 5. The van der Waals surface area contributed by atoms with Crippen molar-refractivity contribution in [3.8, 4) is 0 Å². The van der Waals surface area contributed by atoms with Crippen molar-refractivity contribution in [1.29, 1.82) is 0 Å². The zero-order valence-electron chi connectivity index (χ0n) is 12.5. The number of para-hydroxylation sites is 2. The molecule has 0 unspecified atom stereocenters. The zero-order valence-corrected chi connectivity index (χ0v) is 13.4. The topological polar surface area (TPSA) is 16.1 Å². The smallest absolute Gasteiger partial charge is 0.0721 e. The lowest BCUT2D eigenvalue weighted by Gasteiger charge is -2.12. The molecule has 3 heteroatoms. The molecule has 0 spiro atoms. The lowest BCUT2D eigenvalue weighted by molar-refractivity contribution is 0.410. The Morgan fingerprint density at radius 2 is 1.48 bits per heavy atom. The van der Waals surface area contributed by atoms with Crippen LogP contribution in [0, 0.1) is 0 Å². The van der Waals surface area contributed by atoms with Gasteiger partial charge in [-0.15, -0.1) is 11.8 Å². The molecule has 21 heavy (non-hydrogen) atoms. The zero-order chi connectivity index (χ0) is 14.7. The fourth-order valence-corrected chi connectivity index (χ4v) is 3.65. The van der Waals surface area contributed by atoms with Crippen molar-refractivity contribution in [1.82, 2.24) is 9.88 Å². The monoisotopic (exact) mass is 296 g/mol. The number of nitrogens with zero attached hydrogens (tertiary/aromatic N) is 2. The SMILES string of the molecule is CN(C)CCCSc1c2ccccc2nc2ccccc12. The molecule has 1 heterocycles. The molecule has 2 nitrogen and oxygen atoms in total. The second-order valence-corrected chi connectivity index (χ2v) is 6.59. The highest BCUT2D eigenvalue weighted by Crippen LogP contribution is 2.34. The van der Waals surface area contributed by atoms with Crippen molar-refractivity contribution in [2.75, 3.05) is 26.4 Å². The van der Waals surface area contributed by atoms with E-state index >= 15 is 0 Å². The summed E-state index contributed by atoms with van der Waals surface area (Å²) in [5.41, 5.74) is 2.18. The summed E-state index contributed by atoms with van der Waals surface area (Å²) >= 11 is 1.95. The summed E-state index contributed by atoms with van der Waals surface area (Å²) in [6.45, 7) is 1.13. The van der Waals surface area contributed by atoms with E-state index < -0.39 is 0 Å². The third-order valence-corrected chi connectivity index (χ3v) is 4.76. The summed E-state index contributed by atoms with van der Waals surface area (Å²) < 4.78 is 0. The third-order valence-electron chi connectivity index (χ3n) is 3.53. The minimum Gasteiger partial charge on any atom is -0.309 e. The van der Waals surface area contributed by atoms with Crippen LogP contribution in [-0.4, -0.2) is 36.3 Å². The molecule has 0 atom stereocenters. The number of benzene rings is 2. The second-order valence-electron chi connectivity index (χ2n) is 5.48. The molecule has 0 saturated heterocycles. The highest BCUT2D eigenvalue weighted by Gasteiger charge is 2.08. The van der Waals surface area contributed by atoms with Gasteiger partial charge in [0.15, 0.2) is 0 Å². The summed E-state index contributed by atoms with van der Waals surface area (Å²) in [4.78, 5) is 8.38. The van der Waals surface area contributed by atoms with Crippen LogP contribution in [-0.2, 0) is 0 Å². The second kappa shape index (κ2) is 6.46. The van der Waals surface area contributed by atoms with Crippen molar-refractivity contribution in [2.24, 2.45) is 0 Å². The van der Waals surface area contributed by atoms with E-state index in [0.717, 1.165) is 23.3 Å². The average Bonchev–Trinajstić information content (AvgIpc) is 2.50. The maximum Gasteiger partial charge on any atom is 0.0721 e. The molecule has 3 aromatic rings. The first kappa shape index (κ1) is 14.4. The fraction of sp³-hybridized carbons (Fsp3) is 0.278. The molecule has 108 valence electrons. The molecule has 0 bridgehead atoms. The maximum absolute atomic E-state index is 4.77. The Labute approximate surface area is 130 Å². The van der Waals surface area contributed by atoms with Crippen molar-refractivity contribution in [3.63, 3.8) is 0 Å². The molecular formula is C18H20N2S. The van der Waals surface area contributed by atoms with E-state index in [-0.39, 0.29) is 0 Å². The van der Waals surface area contributed by atoms with Gasteiger partial charge in [0, 0.05) is 15.7 Å². The van der Waals surface area contributed by atoms with Crippen LogP contribution < -0.4 is 0 Å². The van der Waals surface area contributed by atoms with Gasteiger partial charge in [-0.1, -0.05) is 36.4 Å². The summed E-state index contributed by atoms with van der Waals surface area (Å²) in [6, 6.07) is 16.9. The van der Waals surface area contributed by atoms with Crippen LogP contribution in [0.2, 0.25) is 0 Å². The lowest BCUT2D eigenvalue weighted by atomic mass is 10.1. The minimum absolute atomic E-state index is 1.09. The van der Waals surface area contributed by atoms with Crippen molar-refractivity contribution >= 4 is 33.6 Å². The summed E-state index contributed by atoms with van der Waals surface area (Å²) in [7, 11) is 4.25. The maximum atomic E-state index is 4.77. The molecule has 0 aliphatic carbocycles. The van der Waals surface area contributed by atoms with E-state index in [1.165, 1.54) is 22.1 Å². The number of pyridine rings is 1. The Kier molecular flexibility index (Phi) is 4.42. The quantitative estimate of drug-likeness (QED) is 0.393. The number of hydrogen-bond donors (Lipinski definition) is 0. The van der Waals surface area contributed by atoms with Crippen LogP contribution in [0.15, 0.2) is 53.4 Å². The van der Waals surface area contributed by atoms with Crippen LogP contribution in [0.1, 0.15) is 6.42 Å². The standard InChI is InChI=1S/C18H20N2S/c1-20(2)12-7-13-21-18-14-8-3-5-10-16(14)19-17-11-6-4-9-15(17)18/h3-6,8-11H,7,12-13H2,1-2H3. The predicted molar refractivity (Wildman–Crippen MR) is 93.1 cm³/mol. The Morgan fingerprint density at radius 3 is 2.05 bits per heavy atom. The fourth-order valence-electron chi connectivity index (χ4n) is 2.51. The van der Waals surface area contributed by atoms with Crippen molar-refractivity contribution < 1.29 is 0 Å². The van der Waals surface area contributed by atoms with Crippen LogP contribution >= 0.6 is 11.8 Å². The van der Waals surface area contributed by atoms with Crippen molar-refractivity contribution in [2.45, 2.75) is 11.3 Å². The number of hydrogen-bond acceptors (Lipinski definition) is 3. The molecule has 3 rings (SSSR count). The molecule has 0 saturated carbocycles. The molecule has 0 aliphatic rings. The van der Waals surface area contributed by atoms with E-state index in [9.17, 15) is 0 Å². The van der Waals surface area contributed by atoms with E-state index in [2.05, 4.69) is 67.5 Å². The summed E-state index contributed by atoms with van der Waals surface area (Å²) in [5, 5.41) is 2.54. The Bertz CT molecular complexity index is 698. The van der Waals surface area contributed by atoms with Crippen LogP contribution in [0.4, 0.5) is 0 Å². The normalized spacial score (nSPS) is 11.6. The van der Waals surface area contributed by atoms with Gasteiger partial charge >= 0.3 is 0 Å². The van der Waals surface area contributed by atoms with Gasteiger partial charge in [0.25, 0.3) is 0 Å². The van der Waals surface area contributed by atoms with E-state index in [4.69, 9.17) is 4.98 Å². The summed E-state index contributed by atoms with van der Waals surface area (Å²) in [5.74, 6) is 1.14. The first-order valence-corrected chi connectivity index (χ1v) is 8.29. The van der Waals surface area contributed by atoms with Gasteiger partial charge in [0.1, 0.15) is 0 Å². The van der Waals surface area contributed by atoms with Gasteiger partial charge in [0.05, 0.1) is 11.0 Å². The number of thioether (sulfide) groups is 1. The van der Waals surface area contributed by atoms with Crippen molar-refractivity contribution in [3.05, 3.63) is 48.5 Å². The molecule has 0 radical (unpaired) electrons. The van der Waals surface area contributed by atoms with Crippen LogP contribution in [0.5, 0.6) is 0 Å². The first-order valence-electron chi connectivity index (χ1n) is 7.31. The van der Waals surface area contributed by atoms with Gasteiger partial charge in [-0.25, -0.2) is 4.98 Å². The average molecular weight is 296 g/mol. The van der Waals surface area contributed by atoms with Crippen LogP contribution in [0.3, 0.4) is 0 Å². The van der Waals surface area contributed by atoms with Gasteiger partial charge in [-0.05, 0) is 44.9 Å². The predicted octanol–water partition coefficient (Wildman–Crippen LogP) is 4.43. The molecular weight excluding hydrogens is 276 g/mol. The molecule has 0 amide bonds. The highest BCUT2D eigenvalue weighted by molar-refractivity contribution is 7.99. The number of fused-ring (bicyclic) bond motifs is 2. The Balaban J connectivity index is 1.99. The molecule has 0 N–H and O–H groups in total. The van der Waals surface area contributed by atoms with Crippen LogP contribution in [0.25, 0.3) is 21.8 Å². The lowest BCUT2D eigenvalue weighted by Crippen LogP contribution is -2.13. The molecule has 0 aliphatic heterocycles.